The number of ether oxygens (including phenoxy) is 1. The van der Waals surface area contributed by atoms with Gasteiger partial charge in [0.05, 0.1) is 6.10 Å². The Hall–Kier alpha value is -0.610. The Morgan fingerprint density at radius 2 is 2.10 bits per heavy atom. The number of primary amides is 1. The van der Waals surface area contributed by atoms with Crippen molar-refractivity contribution in [2.75, 3.05) is 6.61 Å². The molecule has 0 radical (unpaired) electrons. The Morgan fingerprint density at radius 1 is 1.45 bits per heavy atom. The predicted molar refractivity (Wildman–Crippen MR) is 82.5 cm³/mol. The van der Waals surface area contributed by atoms with E-state index in [1.54, 1.807) is 0 Å². The van der Waals surface area contributed by atoms with Crippen molar-refractivity contribution < 1.29 is 9.53 Å². The van der Waals surface area contributed by atoms with Crippen LogP contribution in [0.1, 0.15) is 66.7 Å². The summed E-state index contributed by atoms with van der Waals surface area (Å²) in [5.74, 6) is -0.240. The van der Waals surface area contributed by atoms with Crippen LogP contribution in [0.4, 0.5) is 0 Å². The smallest absolute Gasteiger partial charge is 0.237 e. The first kappa shape index (κ1) is 17.4. The van der Waals surface area contributed by atoms with Crippen molar-refractivity contribution in [2.45, 2.75) is 84.4 Å². The molecule has 1 fully saturated rings. The summed E-state index contributed by atoms with van der Waals surface area (Å²) < 4.78 is 6.00. The lowest BCUT2D eigenvalue weighted by Gasteiger charge is -2.40. The van der Waals surface area contributed by atoms with Gasteiger partial charge in [-0.15, -0.1) is 0 Å². The molecule has 20 heavy (non-hydrogen) atoms. The zero-order valence-corrected chi connectivity index (χ0v) is 13.8. The number of rotatable bonds is 6. The molecule has 0 spiro atoms. The van der Waals surface area contributed by atoms with E-state index in [1.807, 2.05) is 0 Å². The summed E-state index contributed by atoms with van der Waals surface area (Å²) in [6.07, 6.45) is 4.71. The van der Waals surface area contributed by atoms with E-state index in [9.17, 15) is 4.79 Å². The third kappa shape index (κ3) is 5.41. The first-order chi connectivity index (χ1) is 9.15. The van der Waals surface area contributed by atoms with Gasteiger partial charge in [-0.1, -0.05) is 20.8 Å². The highest BCUT2D eigenvalue weighted by Crippen LogP contribution is 2.31. The molecule has 1 aliphatic carbocycles. The van der Waals surface area contributed by atoms with Gasteiger partial charge in [0.25, 0.3) is 0 Å². The first-order valence-electron chi connectivity index (χ1n) is 7.84. The molecule has 4 heteroatoms. The van der Waals surface area contributed by atoms with Gasteiger partial charge in [0.1, 0.15) is 5.54 Å². The van der Waals surface area contributed by atoms with Gasteiger partial charge in [0, 0.05) is 19.1 Å². The van der Waals surface area contributed by atoms with Crippen molar-refractivity contribution in [2.24, 2.45) is 11.1 Å². The number of amides is 1. The lowest BCUT2D eigenvalue weighted by atomic mass is 9.79. The van der Waals surface area contributed by atoms with Crippen LogP contribution in [0.5, 0.6) is 0 Å². The minimum absolute atomic E-state index is 0.143. The fourth-order valence-corrected chi connectivity index (χ4v) is 2.88. The normalized spacial score (nSPS) is 27.8. The molecule has 1 rings (SSSR count). The van der Waals surface area contributed by atoms with Gasteiger partial charge in [-0.3, -0.25) is 4.79 Å². The lowest BCUT2D eigenvalue weighted by Crippen LogP contribution is -2.60. The van der Waals surface area contributed by atoms with E-state index in [1.165, 1.54) is 0 Å². The highest BCUT2D eigenvalue weighted by Gasteiger charge is 2.42. The van der Waals surface area contributed by atoms with E-state index >= 15 is 0 Å². The molecule has 1 aliphatic rings. The van der Waals surface area contributed by atoms with Crippen LogP contribution in [0.2, 0.25) is 0 Å². The largest absolute Gasteiger partial charge is 0.378 e. The summed E-state index contributed by atoms with van der Waals surface area (Å²) in [6.45, 7) is 11.5. The molecule has 118 valence electrons. The fourth-order valence-electron chi connectivity index (χ4n) is 2.88. The minimum Gasteiger partial charge on any atom is -0.378 e. The van der Waals surface area contributed by atoms with Gasteiger partial charge in [-0.2, -0.15) is 0 Å². The zero-order chi connectivity index (χ0) is 15.4. The van der Waals surface area contributed by atoms with Crippen LogP contribution >= 0.6 is 0 Å². The molecule has 2 unspecified atom stereocenters. The Balaban J connectivity index is 2.57. The molecule has 2 atom stereocenters. The first-order valence-corrected chi connectivity index (χ1v) is 7.84. The molecule has 0 heterocycles. The minimum atomic E-state index is -0.585. The van der Waals surface area contributed by atoms with Crippen LogP contribution in [0.25, 0.3) is 0 Å². The Morgan fingerprint density at radius 3 is 2.60 bits per heavy atom. The van der Waals surface area contributed by atoms with Crippen molar-refractivity contribution >= 4 is 5.91 Å². The highest BCUT2D eigenvalue weighted by atomic mass is 16.5. The van der Waals surface area contributed by atoms with Gasteiger partial charge in [0.15, 0.2) is 0 Å². The van der Waals surface area contributed by atoms with Crippen LogP contribution in [-0.2, 0) is 9.53 Å². The molecule has 0 aromatic carbocycles. The maximum Gasteiger partial charge on any atom is 0.237 e. The maximum atomic E-state index is 11.9. The van der Waals surface area contributed by atoms with Crippen molar-refractivity contribution in [1.29, 1.82) is 0 Å². The van der Waals surface area contributed by atoms with E-state index in [2.05, 4.69) is 39.9 Å². The number of nitrogens with two attached hydrogens (primary N) is 1. The quantitative estimate of drug-likeness (QED) is 0.788. The van der Waals surface area contributed by atoms with Gasteiger partial charge in [-0.05, 0) is 44.9 Å². The Bertz CT molecular complexity index is 323. The molecule has 0 aromatic rings. The van der Waals surface area contributed by atoms with Crippen LogP contribution < -0.4 is 11.1 Å². The summed E-state index contributed by atoms with van der Waals surface area (Å²) in [5.41, 5.74) is 5.35. The molecule has 4 nitrogen and oxygen atoms in total. The molecular formula is C16H32N2O2. The molecule has 0 aromatic heterocycles. The zero-order valence-electron chi connectivity index (χ0n) is 13.8. The van der Waals surface area contributed by atoms with Gasteiger partial charge in [0.2, 0.25) is 5.91 Å². The fraction of sp³-hybridized carbons (Fsp3) is 0.938. The predicted octanol–water partition coefficient (Wildman–Crippen LogP) is 2.60. The summed E-state index contributed by atoms with van der Waals surface area (Å²) in [5, 5.41) is 3.38. The lowest BCUT2D eigenvalue weighted by molar-refractivity contribution is -0.129. The van der Waals surface area contributed by atoms with Gasteiger partial charge in [-0.25, -0.2) is 0 Å². The second kappa shape index (κ2) is 6.90. The molecule has 0 bridgehead atoms. The van der Waals surface area contributed by atoms with E-state index in [0.29, 0.717) is 6.42 Å². The van der Waals surface area contributed by atoms with E-state index in [-0.39, 0.29) is 23.5 Å². The van der Waals surface area contributed by atoms with Crippen molar-refractivity contribution in [1.82, 2.24) is 5.32 Å². The van der Waals surface area contributed by atoms with Gasteiger partial charge >= 0.3 is 0 Å². The van der Waals surface area contributed by atoms with E-state index in [0.717, 1.165) is 32.3 Å². The van der Waals surface area contributed by atoms with Crippen LogP contribution in [0.3, 0.4) is 0 Å². The molecule has 3 N–H and O–H groups in total. The SMILES string of the molecule is CC(C)NC1(C(N)=O)CCCC(OCCC(C)(C)C)C1. The molecule has 0 aliphatic heterocycles. The molecule has 0 saturated heterocycles. The third-order valence-electron chi connectivity index (χ3n) is 3.95. The van der Waals surface area contributed by atoms with Crippen molar-refractivity contribution in [3.05, 3.63) is 0 Å². The summed E-state index contributed by atoms with van der Waals surface area (Å²) in [4.78, 5) is 11.9. The molecule has 1 amide bonds. The number of hydrogen-bond donors (Lipinski definition) is 2. The standard InChI is InChI=1S/C16H32N2O2/c1-12(2)18-16(14(17)19)8-6-7-13(11-16)20-10-9-15(3,4)5/h12-13,18H,6-11H2,1-5H3,(H2,17,19). The number of hydrogen-bond acceptors (Lipinski definition) is 3. The van der Waals surface area contributed by atoms with Crippen molar-refractivity contribution in [3.63, 3.8) is 0 Å². The topological polar surface area (TPSA) is 64.3 Å². The van der Waals surface area contributed by atoms with Gasteiger partial charge < -0.3 is 15.8 Å². The molecule has 1 saturated carbocycles. The van der Waals surface area contributed by atoms with E-state index < -0.39 is 5.54 Å². The average molecular weight is 284 g/mol. The number of nitrogens with one attached hydrogen (secondary N) is 1. The van der Waals surface area contributed by atoms with E-state index in [4.69, 9.17) is 10.5 Å². The molecular weight excluding hydrogens is 252 g/mol. The van der Waals surface area contributed by atoms with Crippen LogP contribution in [-0.4, -0.2) is 30.2 Å². The average Bonchev–Trinajstić information content (AvgIpc) is 2.26. The summed E-state index contributed by atoms with van der Waals surface area (Å²) in [6, 6.07) is 0.246. The van der Waals surface area contributed by atoms with Crippen LogP contribution in [0, 0.1) is 5.41 Å². The summed E-state index contributed by atoms with van der Waals surface area (Å²) >= 11 is 0. The number of carbonyl (C=O) groups is 1. The third-order valence-corrected chi connectivity index (χ3v) is 3.95. The second-order valence-electron chi connectivity index (χ2n) is 7.65. The second-order valence-corrected chi connectivity index (χ2v) is 7.65. The van der Waals surface area contributed by atoms with Crippen LogP contribution in [0.15, 0.2) is 0 Å². The van der Waals surface area contributed by atoms with Crippen molar-refractivity contribution in [3.8, 4) is 0 Å². The summed E-state index contributed by atoms with van der Waals surface area (Å²) in [7, 11) is 0. The monoisotopic (exact) mass is 284 g/mol. The maximum absolute atomic E-state index is 11.9. The Kier molecular flexibility index (Phi) is 6.02. The Labute approximate surface area is 123 Å². The highest BCUT2D eigenvalue weighted by molar-refractivity contribution is 5.84. The number of carbonyl (C=O) groups excluding carboxylic acids is 1.